The Bertz CT molecular complexity index is 530. The zero-order chi connectivity index (χ0) is 14.6. The van der Waals surface area contributed by atoms with E-state index in [-0.39, 0.29) is 22.8 Å². The number of benzene rings is 1. The molecule has 2 atom stereocenters. The van der Waals surface area contributed by atoms with Gasteiger partial charge in [-0.3, -0.25) is 0 Å². The average molecular weight is 324 g/mol. The first kappa shape index (κ1) is 16.8. The van der Waals surface area contributed by atoms with Crippen molar-refractivity contribution in [1.82, 2.24) is 4.72 Å². The Morgan fingerprint density at radius 2 is 2.11 bits per heavy atom. The molecule has 0 aromatic heterocycles. The van der Waals surface area contributed by atoms with Gasteiger partial charge < -0.3 is 5.11 Å². The third-order valence-electron chi connectivity index (χ3n) is 2.89. The molecule has 7 heteroatoms. The molecule has 0 bridgehead atoms. The molecule has 108 valence electrons. The smallest absolute Gasteiger partial charge is 0.241 e. The van der Waals surface area contributed by atoms with Gasteiger partial charge in [-0.25, -0.2) is 13.1 Å². The molecule has 19 heavy (non-hydrogen) atoms. The summed E-state index contributed by atoms with van der Waals surface area (Å²) in [7, 11) is -3.64. The minimum absolute atomic E-state index is 0.0839. The van der Waals surface area contributed by atoms with Gasteiger partial charge in [-0.15, -0.1) is 0 Å². The number of aliphatic hydroxyl groups excluding tert-OH is 1. The van der Waals surface area contributed by atoms with Crippen LogP contribution in [0.3, 0.4) is 0 Å². The number of rotatable bonds is 6. The van der Waals surface area contributed by atoms with Crippen molar-refractivity contribution in [2.75, 3.05) is 12.9 Å². The fourth-order valence-electron chi connectivity index (χ4n) is 1.70. The van der Waals surface area contributed by atoms with Crippen LogP contribution in [-0.2, 0) is 10.0 Å². The van der Waals surface area contributed by atoms with Crippen LogP contribution < -0.4 is 4.72 Å². The second-order valence-corrected chi connectivity index (χ2v) is 7.40. The van der Waals surface area contributed by atoms with Crippen molar-refractivity contribution in [3.63, 3.8) is 0 Å². The summed E-state index contributed by atoms with van der Waals surface area (Å²) in [6.45, 7) is 3.31. The molecule has 1 aromatic rings. The summed E-state index contributed by atoms with van der Waals surface area (Å²) in [4.78, 5) is 0.171. The van der Waals surface area contributed by atoms with Gasteiger partial charge in [0.05, 0.1) is 11.5 Å². The molecular weight excluding hydrogens is 306 g/mol. The fourth-order valence-corrected chi connectivity index (χ4v) is 4.19. The number of hydrogen-bond donors (Lipinski definition) is 2. The summed E-state index contributed by atoms with van der Waals surface area (Å²) in [5, 5.41) is 9.42. The fraction of sp³-hybridized carbons (Fsp3) is 0.500. The minimum Gasteiger partial charge on any atom is -0.395 e. The second-order valence-electron chi connectivity index (χ2n) is 4.23. The zero-order valence-electron chi connectivity index (χ0n) is 11.1. The summed E-state index contributed by atoms with van der Waals surface area (Å²) in [5.41, 5.74) is 0.522. The van der Waals surface area contributed by atoms with Gasteiger partial charge in [0, 0.05) is 16.3 Å². The zero-order valence-corrected chi connectivity index (χ0v) is 13.4. The molecule has 0 fully saturated rings. The van der Waals surface area contributed by atoms with Crippen LogP contribution >= 0.6 is 23.4 Å². The molecule has 0 amide bonds. The highest BCUT2D eigenvalue weighted by Gasteiger charge is 2.24. The van der Waals surface area contributed by atoms with Crippen LogP contribution in [0, 0.1) is 6.92 Å². The van der Waals surface area contributed by atoms with E-state index in [2.05, 4.69) is 4.72 Å². The molecular formula is C12H18ClNO3S2. The Balaban J connectivity index is 3.02. The van der Waals surface area contributed by atoms with Crippen molar-refractivity contribution in [3.8, 4) is 0 Å². The number of sulfonamides is 1. The highest BCUT2D eigenvalue weighted by molar-refractivity contribution is 7.99. The first-order chi connectivity index (χ1) is 8.83. The standard InChI is InChI=1S/C12H18ClNO3S2/c1-8-10(13)5-4-6-12(8)19(16,17)14-9(2)11(7-15)18-3/h4-6,9,11,14-15H,7H2,1-3H3. The third kappa shape index (κ3) is 4.10. The van der Waals surface area contributed by atoms with Gasteiger partial charge in [-0.1, -0.05) is 17.7 Å². The quantitative estimate of drug-likeness (QED) is 0.840. The van der Waals surface area contributed by atoms with Crippen LogP contribution in [0.1, 0.15) is 12.5 Å². The van der Waals surface area contributed by atoms with Gasteiger partial charge >= 0.3 is 0 Å². The van der Waals surface area contributed by atoms with Gasteiger partial charge in [0.1, 0.15) is 0 Å². The lowest BCUT2D eigenvalue weighted by Gasteiger charge is -2.21. The Kier molecular flexibility index (Phi) is 6.14. The maximum Gasteiger partial charge on any atom is 0.241 e. The molecule has 0 saturated carbocycles. The largest absolute Gasteiger partial charge is 0.395 e. The molecule has 2 N–H and O–H groups in total. The van der Waals surface area contributed by atoms with E-state index in [1.165, 1.54) is 17.8 Å². The number of aliphatic hydroxyl groups is 1. The van der Waals surface area contributed by atoms with Crippen LogP contribution in [0.15, 0.2) is 23.1 Å². The van der Waals surface area contributed by atoms with Gasteiger partial charge in [-0.2, -0.15) is 11.8 Å². The first-order valence-corrected chi connectivity index (χ1v) is 8.89. The maximum absolute atomic E-state index is 12.3. The SMILES string of the molecule is CSC(CO)C(C)NS(=O)(=O)c1cccc(Cl)c1C. The van der Waals surface area contributed by atoms with E-state index in [0.29, 0.717) is 10.6 Å². The van der Waals surface area contributed by atoms with Crippen LogP contribution in [0.25, 0.3) is 0 Å². The highest BCUT2D eigenvalue weighted by Crippen LogP contribution is 2.23. The number of hydrogen-bond acceptors (Lipinski definition) is 4. The van der Waals surface area contributed by atoms with Gasteiger partial charge in [0.15, 0.2) is 0 Å². The van der Waals surface area contributed by atoms with Crippen molar-refractivity contribution in [2.45, 2.75) is 30.0 Å². The molecule has 0 aliphatic carbocycles. The van der Waals surface area contributed by atoms with E-state index >= 15 is 0 Å². The summed E-state index contributed by atoms with van der Waals surface area (Å²) in [6.07, 6.45) is 1.83. The Morgan fingerprint density at radius 3 is 2.63 bits per heavy atom. The normalized spacial score (nSPS) is 15.2. The van der Waals surface area contributed by atoms with Gasteiger partial charge in [0.2, 0.25) is 10.0 Å². The average Bonchev–Trinajstić information content (AvgIpc) is 2.33. The lowest BCUT2D eigenvalue weighted by atomic mass is 10.2. The van der Waals surface area contributed by atoms with E-state index in [1.807, 2.05) is 6.26 Å². The number of thioether (sulfide) groups is 1. The molecule has 0 spiro atoms. The molecule has 4 nitrogen and oxygen atoms in total. The number of nitrogens with one attached hydrogen (secondary N) is 1. The van der Waals surface area contributed by atoms with Crippen molar-refractivity contribution >= 4 is 33.4 Å². The second kappa shape index (κ2) is 6.95. The monoisotopic (exact) mass is 323 g/mol. The van der Waals surface area contributed by atoms with E-state index < -0.39 is 10.0 Å². The maximum atomic E-state index is 12.3. The van der Waals surface area contributed by atoms with Crippen molar-refractivity contribution < 1.29 is 13.5 Å². The molecule has 1 rings (SSSR count). The topological polar surface area (TPSA) is 66.4 Å². The molecule has 0 aliphatic rings. The molecule has 2 unspecified atom stereocenters. The molecule has 1 aromatic carbocycles. The summed E-state index contributed by atoms with van der Waals surface area (Å²) in [5.74, 6) is 0. The first-order valence-electron chi connectivity index (χ1n) is 5.74. The molecule has 0 heterocycles. The predicted molar refractivity (Wildman–Crippen MR) is 80.4 cm³/mol. The van der Waals surface area contributed by atoms with Crippen LogP contribution in [-0.4, -0.2) is 37.7 Å². The van der Waals surface area contributed by atoms with E-state index in [1.54, 1.807) is 26.0 Å². The van der Waals surface area contributed by atoms with E-state index in [0.717, 1.165) is 0 Å². The van der Waals surface area contributed by atoms with E-state index in [4.69, 9.17) is 11.6 Å². The lowest BCUT2D eigenvalue weighted by molar-refractivity contribution is 0.282. The minimum atomic E-state index is -3.64. The number of halogens is 1. The van der Waals surface area contributed by atoms with Crippen molar-refractivity contribution in [1.29, 1.82) is 0 Å². The van der Waals surface area contributed by atoms with Crippen LogP contribution in [0.4, 0.5) is 0 Å². The lowest BCUT2D eigenvalue weighted by Crippen LogP contribution is -2.41. The van der Waals surface area contributed by atoms with E-state index in [9.17, 15) is 13.5 Å². The predicted octanol–water partition coefficient (Wildman–Crippen LogP) is 2.04. The van der Waals surface area contributed by atoms with Gasteiger partial charge in [-0.05, 0) is 37.8 Å². The molecule has 0 saturated heterocycles. The van der Waals surface area contributed by atoms with Crippen LogP contribution in [0.2, 0.25) is 5.02 Å². The molecule has 0 aliphatic heterocycles. The Morgan fingerprint density at radius 1 is 1.47 bits per heavy atom. The van der Waals surface area contributed by atoms with Gasteiger partial charge in [0.25, 0.3) is 0 Å². The summed E-state index contributed by atoms with van der Waals surface area (Å²) < 4.78 is 27.2. The Hall–Kier alpha value is -0.270. The van der Waals surface area contributed by atoms with Crippen molar-refractivity contribution in [2.24, 2.45) is 0 Å². The summed E-state index contributed by atoms with van der Waals surface area (Å²) in [6, 6.07) is 4.40. The molecule has 0 radical (unpaired) electrons. The van der Waals surface area contributed by atoms with Crippen molar-refractivity contribution in [3.05, 3.63) is 28.8 Å². The van der Waals surface area contributed by atoms with Crippen LogP contribution in [0.5, 0.6) is 0 Å². The highest BCUT2D eigenvalue weighted by atomic mass is 35.5. The summed E-state index contributed by atoms with van der Waals surface area (Å²) >= 11 is 7.36. The third-order valence-corrected chi connectivity index (χ3v) is 6.16. The Labute approximate surface area is 123 Å².